The number of aromatic amines is 1. The van der Waals surface area contributed by atoms with Gasteiger partial charge in [-0.1, -0.05) is 0 Å². The molecule has 0 aliphatic heterocycles. The van der Waals surface area contributed by atoms with Crippen molar-refractivity contribution in [2.24, 2.45) is 0 Å². The predicted octanol–water partition coefficient (Wildman–Crippen LogP) is 0.221. The van der Waals surface area contributed by atoms with Crippen LogP contribution >= 0.6 is 0 Å². The fraction of sp³-hybridized carbons (Fsp3) is 0.286. The van der Waals surface area contributed by atoms with Crippen LogP contribution in [0.4, 0.5) is 0 Å². The SMILES string of the molecule is COC(=O)C(O)c1cc[nH]c1. The number of rotatable bonds is 2. The molecule has 0 aliphatic carbocycles. The highest BCUT2D eigenvalue weighted by Gasteiger charge is 2.17. The van der Waals surface area contributed by atoms with Gasteiger partial charge in [0.1, 0.15) is 0 Å². The van der Waals surface area contributed by atoms with Crippen LogP contribution < -0.4 is 0 Å². The number of hydrogen-bond acceptors (Lipinski definition) is 3. The molecule has 60 valence electrons. The van der Waals surface area contributed by atoms with Crippen LogP contribution in [0.3, 0.4) is 0 Å². The molecule has 1 rings (SSSR count). The maximum atomic E-state index is 10.7. The van der Waals surface area contributed by atoms with Crippen molar-refractivity contribution in [1.29, 1.82) is 0 Å². The maximum absolute atomic E-state index is 10.7. The molecule has 1 unspecified atom stereocenters. The summed E-state index contributed by atoms with van der Waals surface area (Å²) in [5, 5.41) is 9.18. The molecule has 0 saturated carbocycles. The number of H-pyrrole nitrogens is 1. The Morgan fingerprint density at radius 2 is 2.55 bits per heavy atom. The second kappa shape index (κ2) is 3.21. The Hall–Kier alpha value is -1.29. The van der Waals surface area contributed by atoms with Gasteiger partial charge in [-0.25, -0.2) is 4.79 Å². The monoisotopic (exact) mass is 155 g/mol. The van der Waals surface area contributed by atoms with Gasteiger partial charge in [-0.15, -0.1) is 0 Å². The highest BCUT2D eigenvalue weighted by atomic mass is 16.5. The smallest absolute Gasteiger partial charge is 0.339 e. The first kappa shape index (κ1) is 7.81. The van der Waals surface area contributed by atoms with E-state index in [1.54, 1.807) is 18.5 Å². The predicted molar refractivity (Wildman–Crippen MR) is 37.8 cm³/mol. The first-order valence-electron chi connectivity index (χ1n) is 3.14. The molecule has 0 bridgehead atoms. The van der Waals surface area contributed by atoms with Crippen LogP contribution in [0.15, 0.2) is 18.5 Å². The first-order valence-corrected chi connectivity index (χ1v) is 3.14. The van der Waals surface area contributed by atoms with E-state index in [1.165, 1.54) is 7.11 Å². The van der Waals surface area contributed by atoms with Gasteiger partial charge in [0.15, 0.2) is 6.10 Å². The number of carbonyl (C=O) groups excluding carboxylic acids is 1. The second-order valence-corrected chi connectivity index (χ2v) is 2.07. The van der Waals surface area contributed by atoms with E-state index in [0.29, 0.717) is 5.56 Å². The van der Waals surface area contributed by atoms with E-state index in [9.17, 15) is 9.90 Å². The summed E-state index contributed by atoms with van der Waals surface area (Å²) in [5.74, 6) is -0.649. The van der Waals surface area contributed by atoms with Crippen molar-refractivity contribution in [1.82, 2.24) is 4.98 Å². The largest absolute Gasteiger partial charge is 0.467 e. The number of aliphatic hydroxyl groups is 1. The highest BCUT2D eigenvalue weighted by molar-refractivity contribution is 5.75. The number of carbonyl (C=O) groups is 1. The average molecular weight is 155 g/mol. The van der Waals surface area contributed by atoms with Gasteiger partial charge >= 0.3 is 5.97 Å². The molecule has 0 amide bonds. The number of hydrogen-bond donors (Lipinski definition) is 2. The van der Waals surface area contributed by atoms with Gasteiger partial charge in [0, 0.05) is 18.0 Å². The zero-order valence-electron chi connectivity index (χ0n) is 6.07. The molecule has 4 heteroatoms. The fourth-order valence-corrected chi connectivity index (χ4v) is 0.755. The molecule has 2 N–H and O–H groups in total. The van der Waals surface area contributed by atoms with Gasteiger partial charge < -0.3 is 14.8 Å². The van der Waals surface area contributed by atoms with E-state index in [1.807, 2.05) is 0 Å². The van der Waals surface area contributed by atoms with Crippen LogP contribution in [0.5, 0.6) is 0 Å². The fourth-order valence-electron chi connectivity index (χ4n) is 0.755. The Balaban J connectivity index is 2.70. The minimum absolute atomic E-state index is 0.511. The van der Waals surface area contributed by atoms with E-state index in [4.69, 9.17) is 0 Å². The van der Waals surface area contributed by atoms with Gasteiger partial charge in [0.05, 0.1) is 7.11 Å². The molecule has 1 heterocycles. The van der Waals surface area contributed by atoms with Crippen LogP contribution in [-0.4, -0.2) is 23.2 Å². The minimum Gasteiger partial charge on any atom is -0.467 e. The maximum Gasteiger partial charge on any atom is 0.339 e. The van der Waals surface area contributed by atoms with Crippen molar-refractivity contribution in [3.05, 3.63) is 24.0 Å². The van der Waals surface area contributed by atoms with Gasteiger partial charge in [0.2, 0.25) is 0 Å². The zero-order chi connectivity index (χ0) is 8.27. The Bertz CT molecular complexity index is 230. The molecule has 1 aromatic heterocycles. The molecule has 0 radical (unpaired) electrons. The lowest BCUT2D eigenvalue weighted by molar-refractivity contribution is -0.150. The summed E-state index contributed by atoms with van der Waals surface area (Å²) >= 11 is 0. The number of aliphatic hydroxyl groups excluding tert-OH is 1. The van der Waals surface area contributed by atoms with Crippen molar-refractivity contribution in [3.63, 3.8) is 0 Å². The zero-order valence-corrected chi connectivity index (χ0v) is 6.07. The normalized spacial score (nSPS) is 12.5. The molecule has 0 aliphatic rings. The Morgan fingerprint density at radius 3 is 3.00 bits per heavy atom. The summed E-state index contributed by atoms with van der Waals surface area (Å²) in [5.41, 5.74) is 0.511. The summed E-state index contributed by atoms with van der Waals surface area (Å²) < 4.78 is 4.33. The molecular weight excluding hydrogens is 146 g/mol. The molecule has 11 heavy (non-hydrogen) atoms. The molecule has 0 aromatic carbocycles. The lowest BCUT2D eigenvalue weighted by atomic mass is 10.2. The molecule has 4 nitrogen and oxygen atoms in total. The standard InChI is InChI=1S/C7H9NO3/c1-11-7(10)6(9)5-2-3-8-4-5/h2-4,6,8-9H,1H3. The van der Waals surface area contributed by atoms with Gasteiger partial charge in [-0.05, 0) is 6.07 Å². The summed E-state index contributed by atoms with van der Waals surface area (Å²) in [6.07, 6.45) is 1.99. The van der Waals surface area contributed by atoms with Crippen LogP contribution in [-0.2, 0) is 9.53 Å². The molecular formula is C7H9NO3. The number of esters is 1. The van der Waals surface area contributed by atoms with E-state index in [2.05, 4.69) is 9.72 Å². The molecule has 0 saturated heterocycles. The highest BCUT2D eigenvalue weighted by Crippen LogP contribution is 2.11. The van der Waals surface area contributed by atoms with Crippen molar-refractivity contribution >= 4 is 5.97 Å². The van der Waals surface area contributed by atoms with E-state index < -0.39 is 12.1 Å². The van der Waals surface area contributed by atoms with Gasteiger partial charge in [-0.2, -0.15) is 0 Å². The molecule has 0 spiro atoms. The number of ether oxygens (including phenoxy) is 1. The van der Waals surface area contributed by atoms with Gasteiger partial charge in [0.25, 0.3) is 0 Å². The number of nitrogens with one attached hydrogen (secondary N) is 1. The third-order valence-electron chi connectivity index (χ3n) is 1.36. The molecule has 1 aromatic rings. The van der Waals surface area contributed by atoms with Crippen LogP contribution in [0.2, 0.25) is 0 Å². The summed E-state index contributed by atoms with van der Waals surface area (Å²) in [6.45, 7) is 0. The third-order valence-corrected chi connectivity index (χ3v) is 1.36. The summed E-state index contributed by atoms with van der Waals surface area (Å²) in [7, 11) is 1.23. The van der Waals surface area contributed by atoms with E-state index in [0.717, 1.165) is 0 Å². The Kier molecular flexibility index (Phi) is 2.28. The Labute approximate surface area is 63.8 Å². The third kappa shape index (κ3) is 1.59. The quantitative estimate of drug-likeness (QED) is 0.600. The Morgan fingerprint density at radius 1 is 1.82 bits per heavy atom. The van der Waals surface area contributed by atoms with E-state index >= 15 is 0 Å². The van der Waals surface area contributed by atoms with Crippen molar-refractivity contribution in [2.45, 2.75) is 6.10 Å². The van der Waals surface area contributed by atoms with Crippen LogP contribution in [0.25, 0.3) is 0 Å². The van der Waals surface area contributed by atoms with Crippen molar-refractivity contribution in [2.75, 3.05) is 7.11 Å². The first-order chi connectivity index (χ1) is 5.25. The lowest BCUT2D eigenvalue weighted by Gasteiger charge is -2.04. The van der Waals surface area contributed by atoms with Crippen LogP contribution in [0.1, 0.15) is 11.7 Å². The number of aromatic nitrogens is 1. The van der Waals surface area contributed by atoms with Crippen molar-refractivity contribution in [3.8, 4) is 0 Å². The average Bonchev–Trinajstić information content (AvgIpc) is 2.53. The van der Waals surface area contributed by atoms with Gasteiger partial charge in [-0.3, -0.25) is 0 Å². The van der Waals surface area contributed by atoms with Crippen molar-refractivity contribution < 1.29 is 14.6 Å². The summed E-state index contributed by atoms with van der Waals surface area (Å²) in [6, 6.07) is 1.61. The topological polar surface area (TPSA) is 62.3 Å². The van der Waals surface area contributed by atoms with Crippen LogP contribution in [0, 0.1) is 0 Å². The molecule has 1 atom stereocenters. The second-order valence-electron chi connectivity index (χ2n) is 2.07. The van der Waals surface area contributed by atoms with E-state index in [-0.39, 0.29) is 0 Å². The molecule has 0 fully saturated rings. The number of methoxy groups -OCH3 is 1. The lowest BCUT2D eigenvalue weighted by Crippen LogP contribution is -2.12. The minimum atomic E-state index is -1.17. The summed E-state index contributed by atoms with van der Waals surface area (Å²) in [4.78, 5) is 13.4.